The molecule has 1 aromatic heterocycles. The average molecular weight is 265 g/mol. The Bertz CT molecular complexity index is 378. The standard InChI is InChI=1S/C13H23N5O/c1-2-4-13(5-3-6-14-11-13)12(19)15-7-9-18-10-8-16-17-18/h8,10,14H,2-7,9,11H2,1H3,(H,15,19). The van der Waals surface area contributed by atoms with Gasteiger partial charge in [-0.25, -0.2) is 0 Å². The van der Waals surface area contributed by atoms with Crippen LogP contribution in [-0.2, 0) is 11.3 Å². The summed E-state index contributed by atoms with van der Waals surface area (Å²) in [5.41, 5.74) is -0.213. The first-order chi connectivity index (χ1) is 9.27. The Kier molecular flexibility index (Phi) is 4.90. The van der Waals surface area contributed by atoms with Crippen molar-refractivity contribution in [2.45, 2.75) is 39.2 Å². The molecule has 2 rings (SSSR count). The SMILES string of the molecule is CCCC1(C(=O)NCCn2ccnn2)CCCNC1. The maximum atomic E-state index is 12.4. The van der Waals surface area contributed by atoms with Gasteiger partial charge < -0.3 is 10.6 Å². The van der Waals surface area contributed by atoms with E-state index >= 15 is 0 Å². The molecule has 1 aliphatic rings. The zero-order valence-electron chi connectivity index (χ0n) is 11.6. The van der Waals surface area contributed by atoms with E-state index in [0.717, 1.165) is 38.8 Å². The lowest BCUT2D eigenvalue weighted by Gasteiger charge is -2.36. The molecule has 1 aromatic rings. The van der Waals surface area contributed by atoms with Gasteiger partial charge in [0.2, 0.25) is 5.91 Å². The van der Waals surface area contributed by atoms with Crippen LogP contribution in [0.1, 0.15) is 32.6 Å². The molecule has 6 nitrogen and oxygen atoms in total. The summed E-state index contributed by atoms with van der Waals surface area (Å²) in [5, 5.41) is 14.0. The monoisotopic (exact) mass is 265 g/mol. The Hall–Kier alpha value is -1.43. The van der Waals surface area contributed by atoms with Gasteiger partial charge in [0.05, 0.1) is 18.2 Å². The first kappa shape index (κ1) is 14.0. The number of nitrogens with zero attached hydrogens (tertiary/aromatic N) is 3. The molecule has 0 aliphatic carbocycles. The van der Waals surface area contributed by atoms with Crippen LogP contribution in [-0.4, -0.2) is 40.5 Å². The Labute approximate surface area is 113 Å². The molecule has 1 amide bonds. The van der Waals surface area contributed by atoms with E-state index in [0.29, 0.717) is 13.1 Å². The molecule has 0 saturated carbocycles. The van der Waals surface area contributed by atoms with Gasteiger partial charge in [-0.1, -0.05) is 18.6 Å². The molecule has 1 aliphatic heterocycles. The number of aromatic nitrogens is 3. The molecule has 0 radical (unpaired) electrons. The van der Waals surface area contributed by atoms with E-state index in [1.54, 1.807) is 17.1 Å². The highest BCUT2D eigenvalue weighted by atomic mass is 16.2. The van der Waals surface area contributed by atoms with Crippen LogP contribution in [0.5, 0.6) is 0 Å². The van der Waals surface area contributed by atoms with E-state index in [9.17, 15) is 4.79 Å². The predicted octanol–water partition coefficient (Wildman–Crippen LogP) is 0.564. The topological polar surface area (TPSA) is 71.8 Å². The largest absolute Gasteiger partial charge is 0.354 e. The minimum absolute atomic E-state index is 0.182. The molecular weight excluding hydrogens is 242 g/mol. The third kappa shape index (κ3) is 3.53. The van der Waals surface area contributed by atoms with Gasteiger partial charge in [0.1, 0.15) is 0 Å². The first-order valence-electron chi connectivity index (χ1n) is 7.10. The molecule has 1 unspecified atom stereocenters. The van der Waals surface area contributed by atoms with E-state index in [1.807, 2.05) is 0 Å². The molecule has 6 heteroatoms. The number of rotatable bonds is 6. The molecule has 106 valence electrons. The van der Waals surface area contributed by atoms with Crippen molar-refractivity contribution in [1.29, 1.82) is 0 Å². The number of hydrogen-bond donors (Lipinski definition) is 2. The maximum absolute atomic E-state index is 12.4. The van der Waals surface area contributed by atoms with E-state index in [2.05, 4.69) is 27.9 Å². The Balaban J connectivity index is 1.85. The van der Waals surface area contributed by atoms with E-state index in [4.69, 9.17) is 0 Å². The molecule has 19 heavy (non-hydrogen) atoms. The maximum Gasteiger partial charge on any atom is 0.227 e. The highest BCUT2D eigenvalue weighted by Gasteiger charge is 2.38. The van der Waals surface area contributed by atoms with E-state index in [1.165, 1.54) is 0 Å². The van der Waals surface area contributed by atoms with Crippen LogP contribution in [0.15, 0.2) is 12.4 Å². The van der Waals surface area contributed by atoms with Crippen LogP contribution in [0.25, 0.3) is 0 Å². The number of piperidine rings is 1. The highest BCUT2D eigenvalue weighted by molar-refractivity contribution is 5.83. The zero-order valence-corrected chi connectivity index (χ0v) is 11.6. The summed E-state index contributed by atoms with van der Waals surface area (Å²) in [7, 11) is 0. The highest BCUT2D eigenvalue weighted by Crippen LogP contribution is 2.31. The van der Waals surface area contributed by atoms with Crippen LogP contribution in [0.4, 0.5) is 0 Å². The number of nitrogens with one attached hydrogen (secondary N) is 2. The lowest BCUT2D eigenvalue weighted by Crippen LogP contribution is -2.51. The first-order valence-corrected chi connectivity index (χ1v) is 7.10. The quantitative estimate of drug-likeness (QED) is 0.788. The summed E-state index contributed by atoms with van der Waals surface area (Å²) in [4.78, 5) is 12.4. The summed E-state index contributed by atoms with van der Waals surface area (Å²) in [6, 6.07) is 0. The molecule has 1 saturated heterocycles. The molecule has 2 N–H and O–H groups in total. The number of hydrogen-bond acceptors (Lipinski definition) is 4. The fourth-order valence-corrected chi connectivity index (χ4v) is 2.79. The van der Waals surface area contributed by atoms with E-state index in [-0.39, 0.29) is 11.3 Å². The fraction of sp³-hybridized carbons (Fsp3) is 0.769. The van der Waals surface area contributed by atoms with Crippen LogP contribution in [0.3, 0.4) is 0 Å². The van der Waals surface area contributed by atoms with Crippen molar-refractivity contribution in [3.63, 3.8) is 0 Å². The smallest absolute Gasteiger partial charge is 0.227 e. The number of carbonyl (C=O) groups is 1. The van der Waals surface area contributed by atoms with Gasteiger partial charge in [0.25, 0.3) is 0 Å². The molecule has 0 bridgehead atoms. The molecule has 2 heterocycles. The molecule has 1 fully saturated rings. The van der Waals surface area contributed by atoms with Crippen molar-refractivity contribution in [3.8, 4) is 0 Å². The van der Waals surface area contributed by atoms with Crippen LogP contribution in [0.2, 0.25) is 0 Å². The number of amides is 1. The van der Waals surface area contributed by atoms with Gasteiger partial charge in [-0.3, -0.25) is 9.48 Å². The van der Waals surface area contributed by atoms with Crippen molar-refractivity contribution in [3.05, 3.63) is 12.4 Å². The number of carbonyl (C=O) groups excluding carboxylic acids is 1. The summed E-state index contributed by atoms with van der Waals surface area (Å²) in [5.74, 6) is 0.182. The molecule has 0 aromatic carbocycles. The van der Waals surface area contributed by atoms with Crippen molar-refractivity contribution in [2.24, 2.45) is 5.41 Å². The summed E-state index contributed by atoms with van der Waals surface area (Å²) < 4.78 is 1.73. The van der Waals surface area contributed by atoms with Gasteiger partial charge in [-0.15, -0.1) is 5.10 Å². The van der Waals surface area contributed by atoms with Crippen LogP contribution in [0, 0.1) is 5.41 Å². The van der Waals surface area contributed by atoms with Crippen molar-refractivity contribution >= 4 is 5.91 Å². The summed E-state index contributed by atoms with van der Waals surface area (Å²) in [6.07, 6.45) is 7.51. The predicted molar refractivity (Wildman–Crippen MR) is 72.5 cm³/mol. The van der Waals surface area contributed by atoms with Gasteiger partial charge in [0.15, 0.2) is 0 Å². The molecular formula is C13H23N5O. The second kappa shape index (κ2) is 6.65. The van der Waals surface area contributed by atoms with Crippen molar-refractivity contribution < 1.29 is 4.79 Å². The van der Waals surface area contributed by atoms with Crippen LogP contribution < -0.4 is 10.6 Å². The van der Waals surface area contributed by atoms with E-state index < -0.39 is 0 Å². The Morgan fingerprint density at radius 1 is 1.58 bits per heavy atom. The summed E-state index contributed by atoms with van der Waals surface area (Å²) >= 11 is 0. The van der Waals surface area contributed by atoms with Gasteiger partial charge >= 0.3 is 0 Å². The second-order valence-electron chi connectivity index (χ2n) is 5.23. The zero-order chi connectivity index (χ0) is 13.6. The van der Waals surface area contributed by atoms with Gasteiger partial charge in [-0.05, 0) is 25.8 Å². The fourth-order valence-electron chi connectivity index (χ4n) is 2.79. The normalized spacial score (nSPS) is 23.2. The lowest BCUT2D eigenvalue weighted by atomic mass is 9.76. The minimum Gasteiger partial charge on any atom is -0.354 e. The third-order valence-electron chi connectivity index (χ3n) is 3.78. The second-order valence-corrected chi connectivity index (χ2v) is 5.23. The van der Waals surface area contributed by atoms with Gasteiger partial charge in [-0.2, -0.15) is 0 Å². The van der Waals surface area contributed by atoms with Crippen LogP contribution >= 0.6 is 0 Å². The average Bonchev–Trinajstić information content (AvgIpc) is 2.93. The Morgan fingerprint density at radius 3 is 3.11 bits per heavy atom. The van der Waals surface area contributed by atoms with Gasteiger partial charge in [0, 0.05) is 19.3 Å². The third-order valence-corrected chi connectivity index (χ3v) is 3.78. The lowest BCUT2D eigenvalue weighted by molar-refractivity contribution is -0.132. The van der Waals surface area contributed by atoms with Crippen molar-refractivity contribution in [1.82, 2.24) is 25.6 Å². The molecule has 0 spiro atoms. The Morgan fingerprint density at radius 2 is 2.47 bits per heavy atom. The summed E-state index contributed by atoms with van der Waals surface area (Å²) in [6.45, 7) is 5.24. The molecule has 1 atom stereocenters. The van der Waals surface area contributed by atoms with Crippen molar-refractivity contribution in [2.75, 3.05) is 19.6 Å². The minimum atomic E-state index is -0.213.